The van der Waals surface area contributed by atoms with Gasteiger partial charge in [-0.3, -0.25) is 4.79 Å². The van der Waals surface area contributed by atoms with Crippen molar-refractivity contribution < 1.29 is 4.79 Å². The zero-order valence-electron chi connectivity index (χ0n) is 14.0. The standard InChI is InChI=1S/C20H22N2OS/c1-2-3-6-13-9-10-16-14(11-13)15(20(23)22-16)12-19-21-17-7-4-5-8-18(17)24-19/h9-12H,2-8H2,1H3,(H,22,23). The summed E-state index contributed by atoms with van der Waals surface area (Å²) in [6, 6.07) is 6.33. The van der Waals surface area contributed by atoms with E-state index in [9.17, 15) is 4.79 Å². The smallest absolute Gasteiger partial charge is 0.256 e. The Labute approximate surface area is 146 Å². The van der Waals surface area contributed by atoms with Gasteiger partial charge in [0.25, 0.3) is 5.91 Å². The molecule has 1 N–H and O–H groups in total. The number of amides is 1. The zero-order chi connectivity index (χ0) is 16.5. The van der Waals surface area contributed by atoms with Crippen molar-refractivity contribution >= 4 is 34.6 Å². The Morgan fingerprint density at radius 2 is 2.17 bits per heavy atom. The molecular formula is C20H22N2OS. The Morgan fingerprint density at radius 1 is 1.29 bits per heavy atom. The van der Waals surface area contributed by atoms with Crippen molar-refractivity contribution in [2.75, 3.05) is 5.32 Å². The first-order valence-corrected chi connectivity index (χ1v) is 9.71. The SMILES string of the molecule is CCCCc1ccc2c(c1)C(=Cc1nc3c(s1)CCCC3)C(=O)N2. The van der Waals surface area contributed by atoms with Crippen LogP contribution in [0.4, 0.5) is 5.69 Å². The molecule has 0 fully saturated rings. The molecule has 0 unspecified atom stereocenters. The van der Waals surface area contributed by atoms with E-state index in [-0.39, 0.29) is 5.91 Å². The zero-order valence-corrected chi connectivity index (χ0v) is 14.8. The number of fused-ring (bicyclic) bond motifs is 2. The summed E-state index contributed by atoms with van der Waals surface area (Å²) in [6.07, 6.45) is 10.1. The normalized spacial score (nSPS) is 17.7. The van der Waals surface area contributed by atoms with Gasteiger partial charge in [-0.2, -0.15) is 0 Å². The molecule has 2 aliphatic rings. The number of nitrogens with zero attached hydrogens (tertiary/aromatic N) is 1. The first-order valence-electron chi connectivity index (χ1n) is 8.89. The van der Waals surface area contributed by atoms with Crippen LogP contribution in [0, 0.1) is 0 Å². The van der Waals surface area contributed by atoms with Crippen LogP contribution in [0.3, 0.4) is 0 Å². The fourth-order valence-corrected chi connectivity index (χ4v) is 4.57. The van der Waals surface area contributed by atoms with E-state index in [4.69, 9.17) is 4.98 Å². The highest BCUT2D eigenvalue weighted by Crippen LogP contribution is 2.36. The summed E-state index contributed by atoms with van der Waals surface area (Å²) in [5.41, 5.74) is 5.26. The molecule has 4 rings (SSSR count). The van der Waals surface area contributed by atoms with Crippen LogP contribution in [0.1, 0.15) is 59.3 Å². The lowest BCUT2D eigenvalue weighted by Crippen LogP contribution is -2.03. The summed E-state index contributed by atoms with van der Waals surface area (Å²) < 4.78 is 0. The predicted molar refractivity (Wildman–Crippen MR) is 100 cm³/mol. The van der Waals surface area contributed by atoms with Gasteiger partial charge in [0.15, 0.2) is 0 Å². The summed E-state index contributed by atoms with van der Waals surface area (Å²) in [4.78, 5) is 18.6. The van der Waals surface area contributed by atoms with E-state index >= 15 is 0 Å². The highest BCUT2D eigenvalue weighted by molar-refractivity contribution is 7.12. The average Bonchev–Trinajstić information content (AvgIpc) is 3.14. The van der Waals surface area contributed by atoms with Gasteiger partial charge in [-0.15, -0.1) is 11.3 Å². The highest BCUT2D eigenvalue weighted by Gasteiger charge is 2.25. The van der Waals surface area contributed by atoms with Crippen molar-refractivity contribution in [2.24, 2.45) is 0 Å². The van der Waals surface area contributed by atoms with Crippen molar-refractivity contribution in [1.82, 2.24) is 4.98 Å². The van der Waals surface area contributed by atoms with Gasteiger partial charge in [-0.1, -0.05) is 19.4 Å². The Bertz CT molecular complexity index is 796. The van der Waals surface area contributed by atoms with Crippen LogP contribution < -0.4 is 5.32 Å². The lowest BCUT2D eigenvalue weighted by molar-refractivity contribution is -0.110. The van der Waals surface area contributed by atoms with Crippen LogP contribution in [-0.2, 0) is 24.1 Å². The third-order valence-corrected chi connectivity index (χ3v) is 5.92. The largest absolute Gasteiger partial charge is 0.321 e. The molecule has 124 valence electrons. The maximum Gasteiger partial charge on any atom is 0.256 e. The van der Waals surface area contributed by atoms with Gasteiger partial charge >= 0.3 is 0 Å². The number of anilines is 1. The van der Waals surface area contributed by atoms with Gasteiger partial charge in [-0.25, -0.2) is 4.98 Å². The third kappa shape index (κ3) is 2.91. The van der Waals surface area contributed by atoms with Crippen molar-refractivity contribution in [3.63, 3.8) is 0 Å². The second-order valence-corrected chi connectivity index (χ2v) is 7.74. The number of benzene rings is 1. The van der Waals surface area contributed by atoms with E-state index < -0.39 is 0 Å². The van der Waals surface area contributed by atoms with Crippen LogP contribution in [0.5, 0.6) is 0 Å². The number of hydrogen-bond acceptors (Lipinski definition) is 3. The van der Waals surface area contributed by atoms with Crippen molar-refractivity contribution in [1.29, 1.82) is 0 Å². The lowest BCUT2D eigenvalue weighted by atomic mass is 10.0. The number of unbranched alkanes of at least 4 members (excludes halogenated alkanes) is 1. The van der Waals surface area contributed by atoms with E-state index in [1.54, 1.807) is 11.3 Å². The number of thiazole rings is 1. The second kappa shape index (κ2) is 6.52. The van der Waals surface area contributed by atoms with Gasteiger partial charge in [0.2, 0.25) is 0 Å². The van der Waals surface area contributed by atoms with Crippen LogP contribution >= 0.6 is 11.3 Å². The number of aromatic nitrogens is 1. The number of rotatable bonds is 4. The van der Waals surface area contributed by atoms with E-state index in [0.717, 1.165) is 41.1 Å². The Kier molecular flexibility index (Phi) is 4.23. The minimum atomic E-state index is -0.00851. The number of nitrogens with one attached hydrogen (secondary N) is 1. The van der Waals surface area contributed by atoms with Gasteiger partial charge in [0.1, 0.15) is 5.01 Å². The van der Waals surface area contributed by atoms with Gasteiger partial charge in [0, 0.05) is 16.1 Å². The maximum atomic E-state index is 12.4. The fraction of sp³-hybridized carbons (Fsp3) is 0.400. The number of hydrogen-bond donors (Lipinski definition) is 1. The van der Waals surface area contributed by atoms with E-state index in [1.165, 1.54) is 41.8 Å². The third-order valence-electron chi connectivity index (χ3n) is 4.82. The molecule has 3 nitrogen and oxygen atoms in total. The molecule has 1 amide bonds. The van der Waals surface area contributed by atoms with Crippen molar-refractivity contribution in [3.8, 4) is 0 Å². The number of carbonyl (C=O) groups is 1. The van der Waals surface area contributed by atoms with Crippen molar-refractivity contribution in [3.05, 3.63) is 44.9 Å². The van der Waals surface area contributed by atoms with E-state index in [1.807, 2.05) is 12.1 Å². The maximum absolute atomic E-state index is 12.4. The molecule has 0 saturated carbocycles. The average molecular weight is 338 g/mol. The van der Waals surface area contributed by atoms with Crippen LogP contribution in [0.25, 0.3) is 11.6 Å². The summed E-state index contributed by atoms with van der Waals surface area (Å²) in [6.45, 7) is 2.20. The molecule has 4 heteroatoms. The fourth-order valence-electron chi connectivity index (χ4n) is 3.47. The van der Waals surface area contributed by atoms with E-state index in [0.29, 0.717) is 0 Å². The summed E-state index contributed by atoms with van der Waals surface area (Å²) in [7, 11) is 0. The molecule has 2 aromatic rings. The lowest BCUT2D eigenvalue weighted by Gasteiger charge is -2.06. The quantitative estimate of drug-likeness (QED) is 0.809. The summed E-state index contributed by atoms with van der Waals surface area (Å²) in [5.74, 6) is -0.00851. The predicted octanol–water partition coefficient (Wildman–Crippen LogP) is 4.86. The first kappa shape index (κ1) is 15.6. The Morgan fingerprint density at radius 3 is 3.00 bits per heavy atom. The minimum absolute atomic E-state index is 0.00851. The van der Waals surface area contributed by atoms with Crippen molar-refractivity contribution in [2.45, 2.75) is 51.9 Å². The molecular weight excluding hydrogens is 316 g/mol. The molecule has 1 aromatic heterocycles. The molecule has 0 bridgehead atoms. The first-order chi connectivity index (χ1) is 11.7. The minimum Gasteiger partial charge on any atom is -0.321 e. The van der Waals surface area contributed by atoms with Crippen LogP contribution in [0.2, 0.25) is 0 Å². The van der Waals surface area contributed by atoms with Crippen LogP contribution in [-0.4, -0.2) is 10.9 Å². The van der Waals surface area contributed by atoms with E-state index in [2.05, 4.69) is 24.4 Å². The number of aryl methyl sites for hydroxylation is 3. The summed E-state index contributed by atoms with van der Waals surface area (Å²) in [5, 5.41) is 3.95. The van der Waals surface area contributed by atoms with Gasteiger partial charge < -0.3 is 5.32 Å². The number of carbonyl (C=O) groups excluding carboxylic acids is 1. The Hall–Kier alpha value is -1.94. The Balaban J connectivity index is 1.68. The second-order valence-electron chi connectivity index (χ2n) is 6.62. The molecule has 1 aromatic carbocycles. The van der Waals surface area contributed by atoms with Gasteiger partial charge in [0.05, 0.1) is 11.3 Å². The molecule has 0 spiro atoms. The molecule has 0 atom stereocenters. The van der Waals surface area contributed by atoms with Crippen LogP contribution in [0.15, 0.2) is 18.2 Å². The molecule has 0 saturated heterocycles. The topological polar surface area (TPSA) is 42.0 Å². The summed E-state index contributed by atoms with van der Waals surface area (Å²) >= 11 is 1.75. The molecule has 0 radical (unpaired) electrons. The molecule has 1 aliphatic heterocycles. The molecule has 2 heterocycles. The van der Waals surface area contributed by atoms with Gasteiger partial charge in [-0.05, 0) is 62.3 Å². The molecule has 1 aliphatic carbocycles. The highest BCUT2D eigenvalue weighted by atomic mass is 32.1. The molecule has 24 heavy (non-hydrogen) atoms. The monoisotopic (exact) mass is 338 g/mol.